The summed E-state index contributed by atoms with van der Waals surface area (Å²) in [6, 6.07) is 0. The normalized spacial score (nSPS) is 22.6. The second kappa shape index (κ2) is 14.3. The number of unbranched alkanes of at least 4 members (excludes halogenated alkanes) is 1. The molecule has 0 saturated carbocycles. The van der Waals surface area contributed by atoms with E-state index in [0.29, 0.717) is 0 Å². The Balaban J connectivity index is 0.00000760. The average Bonchev–Trinajstić information content (AvgIpc) is 3.21. The van der Waals surface area contributed by atoms with Gasteiger partial charge in [-0.1, -0.05) is 12.8 Å². The molecule has 0 aromatic carbocycles. The summed E-state index contributed by atoms with van der Waals surface area (Å²) in [5, 5.41) is -5.02. The van der Waals surface area contributed by atoms with Crippen molar-refractivity contribution in [3.05, 3.63) is 0 Å². The van der Waals surface area contributed by atoms with Gasteiger partial charge in [0.15, 0.2) is 10.5 Å². The van der Waals surface area contributed by atoms with E-state index < -0.39 is 105 Å². The van der Waals surface area contributed by atoms with Crippen LogP contribution in [0.3, 0.4) is 0 Å². The van der Waals surface area contributed by atoms with Crippen molar-refractivity contribution in [2.45, 2.75) is 61.8 Å². The van der Waals surface area contributed by atoms with Gasteiger partial charge in [0.05, 0.1) is 12.8 Å². The summed E-state index contributed by atoms with van der Waals surface area (Å²) in [5.74, 6) is -9.43. The molecule has 0 radical (unpaired) electrons. The van der Waals surface area contributed by atoms with Crippen LogP contribution in [0.25, 0.3) is 0 Å². The van der Waals surface area contributed by atoms with Gasteiger partial charge in [0, 0.05) is 18.2 Å². The first-order chi connectivity index (χ1) is 17.1. The van der Waals surface area contributed by atoms with Crippen LogP contribution in [0.1, 0.15) is 56.8 Å². The van der Waals surface area contributed by atoms with Crippen molar-refractivity contribution >= 4 is 115 Å². The molecule has 2 atom stereocenters. The molecule has 2 N–H and O–H groups in total. The van der Waals surface area contributed by atoms with Crippen LogP contribution < -0.4 is 0 Å². The van der Waals surface area contributed by atoms with E-state index in [1.54, 1.807) is 0 Å². The number of carbonyl (C=O) groups is 6. The Morgan fingerprint density at radius 2 is 1.06 bits per heavy atom. The van der Waals surface area contributed by atoms with Crippen LogP contribution in [-0.4, -0.2) is 141 Å². The first-order valence-electron chi connectivity index (χ1n) is 11.2. The molecule has 2 fully saturated rings. The average molecular weight is 580 g/mol. The number of rotatable bonds is 11. The van der Waals surface area contributed by atoms with Gasteiger partial charge in [-0.3, -0.25) is 28.3 Å². The number of hydroxylamine groups is 4. The zero-order chi connectivity index (χ0) is 29.4. The summed E-state index contributed by atoms with van der Waals surface area (Å²) in [6.45, 7) is 0. The molecule has 194 valence electrons. The van der Waals surface area contributed by atoms with Crippen molar-refractivity contribution < 1.29 is 69.9 Å². The van der Waals surface area contributed by atoms with Gasteiger partial charge in [-0.2, -0.15) is 16.8 Å². The van der Waals surface area contributed by atoms with Crippen molar-refractivity contribution in [1.29, 1.82) is 0 Å². The van der Waals surface area contributed by atoms with Crippen LogP contribution in [0, 0.1) is 0 Å². The molecule has 2 saturated heterocycles. The van der Waals surface area contributed by atoms with Crippen LogP contribution >= 0.6 is 0 Å². The molecule has 0 aliphatic carbocycles. The third kappa shape index (κ3) is 9.41. The number of imide groups is 2. The van der Waals surface area contributed by atoms with E-state index in [9.17, 15) is 45.6 Å². The molecular formula is C16H22N2Na2O14S2. The van der Waals surface area contributed by atoms with Crippen LogP contribution in [0.4, 0.5) is 0 Å². The quantitative estimate of drug-likeness (QED) is 0.107. The van der Waals surface area contributed by atoms with Gasteiger partial charge in [0.2, 0.25) is 0 Å². The molecule has 2 heterocycles. The third-order valence-corrected chi connectivity index (χ3v) is 6.51. The minimum absolute atomic E-state index is 0. The Hall–Kier alpha value is -0.960. The van der Waals surface area contributed by atoms with Gasteiger partial charge in [-0.05, 0) is 12.8 Å². The van der Waals surface area contributed by atoms with E-state index >= 15 is 0 Å². The van der Waals surface area contributed by atoms with Crippen LogP contribution in [0.5, 0.6) is 0 Å². The van der Waals surface area contributed by atoms with Crippen LogP contribution in [-0.2, 0) is 58.7 Å². The van der Waals surface area contributed by atoms with Crippen molar-refractivity contribution in [1.82, 2.24) is 10.1 Å². The van der Waals surface area contributed by atoms with Gasteiger partial charge in [0.25, 0.3) is 43.9 Å². The van der Waals surface area contributed by atoms with E-state index in [1.165, 1.54) is 0 Å². The first-order valence-corrected chi connectivity index (χ1v) is 12.2. The minimum atomic E-state index is -5.00. The first kappa shape index (κ1) is 28.1. The Bertz CT molecular complexity index is 1200. The third-order valence-electron chi connectivity index (χ3n) is 4.33. The Morgan fingerprint density at radius 3 is 1.31 bits per heavy atom. The van der Waals surface area contributed by atoms with Crippen molar-refractivity contribution in [3.63, 3.8) is 0 Å². The van der Waals surface area contributed by atoms with Crippen LogP contribution in [0.15, 0.2) is 0 Å². The van der Waals surface area contributed by atoms with E-state index in [0.717, 1.165) is 0 Å². The molecule has 2 aliphatic heterocycles. The Morgan fingerprint density at radius 1 is 0.750 bits per heavy atom. The molecule has 2 rings (SSSR count). The summed E-state index contributed by atoms with van der Waals surface area (Å²) in [6.07, 6.45) is -9.86. The van der Waals surface area contributed by atoms with Crippen molar-refractivity contribution in [3.8, 4) is 0 Å². The fourth-order valence-corrected chi connectivity index (χ4v) is 4.09. The Kier molecular flexibility index (Phi) is 11.1. The molecule has 16 nitrogen and oxygen atoms in total. The number of hydrogen-bond acceptors (Lipinski definition) is 12. The molecule has 36 heavy (non-hydrogen) atoms. The summed E-state index contributed by atoms with van der Waals surface area (Å²) in [5.41, 5.74) is 0. The predicted molar refractivity (Wildman–Crippen MR) is 118 cm³/mol. The summed E-state index contributed by atoms with van der Waals surface area (Å²) in [7, 11) is -10.00. The molecule has 0 aromatic heterocycles. The van der Waals surface area contributed by atoms with Crippen molar-refractivity contribution in [2.75, 3.05) is 0 Å². The Labute approximate surface area is 255 Å². The van der Waals surface area contributed by atoms with E-state index in [2.05, 4.69) is 9.68 Å². The van der Waals surface area contributed by atoms with E-state index in [4.69, 9.17) is 14.6 Å². The molecule has 2 unspecified atom stereocenters. The van der Waals surface area contributed by atoms with E-state index in [-0.39, 0.29) is 82.1 Å². The van der Waals surface area contributed by atoms with Gasteiger partial charge in [-0.25, -0.2) is 9.59 Å². The fourth-order valence-electron chi connectivity index (χ4n) is 2.68. The van der Waals surface area contributed by atoms with Gasteiger partial charge >= 0.3 is 71.1 Å². The second-order valence-electron chi connectivity index (χ2n) is 6.79. The zero-order valence-corrected chi connectivity index (χ0v) is 18.5. The topological polar surface area (TPSA) is 236 Å². The van der Waals surface area contributed by atoms with E-state index in [1.807, 2.05) is 0 Å². The standard InChI is InChI=1S/C16H20N2O14S2.2Na.2H/c19-11-7-9(33(25,26)27)15(23)17(11)31-13(21)5-3-1-2-4-6-14(22)32-18-12(20)8-10(16(18)24)34(28,29)30;;;;/h9-10H,1-8H2,(H,25,26,27)(H,28,29,30);;;;/i5D2,6D2;;;;. The van der Waals surface area contributed by atoms with Gasteiger partial charge in [0.1, 0.15) is 0 Å². The molecule has 0 aromatic rings. The molecule has 0 spiro atoms. The molecule has 4 amide bonds. The summed E-state index contributed by atoms with van der Waals surface area (Å²) >= 11 is 0. The van der Waals surface area contributed by atoms with Crippen molar-refractivity contribution in [2.24, 2.45) is 0 Å². The number of nitrogens with zero attached hydrogens (tertiary/aromatic N) is 2. The second-order valence-corrected chi connectivity index (χ2v) is 9.98. The van der Waals surface area contributed by atoms with Gasteiger partial charge < -0.3 is 9.68 Å². The predicted octanol–water partition coefficient (Wildman–Crippen LogP) is -3.02. The number of carbonyl (C=O) groups excluding carboxylic acids is 6. The van der Waals surface area contributed by atoms with Crippen LogP contribution in [0.2, 0.25) is 0 Å². The molecular weight excluding hydrogens is 554 g/mol. The molecule has 2 aliphatic rings. The molecule has 0 bridgehead atoms. The maximum absolute atomic E-state index is 12.1. The SMILES string of the molecule is [2H]C([2H])(CCCCC([2H])([2H])C(=O)ON1C(=O)CC(S(=O)(=O)O)C1=O)C(=O)ON1C(=O)CC(S(=O)(=O)O)C1=O.[NaH].[NaH]. The summed E-state index contributed by atoms with van der Waals surface area (Å²) in [4.78, 5) is 80.1. The fraction of sp³-hybridized carbons (Fsp3) is 0.625. The zero-order valence-electron chi connectivity index (χ0n) is 20.9. The monoisotopic (exact) mass is 580 g/mol. The van der Waals surface area contributed by atoms with Gasteiger partial charge in [-0.15, -0.1) is 10.1 Å². The number of hydrogen-bond donors (Lipinski definition) is 2. The molecule has 20 heteroatoms. The number of amides is 4. The summed E-state index contributed by atoms with van der Waals surface area (Å²) < 4.78 is 93.2. The maximum atomic E-state index is 12.1.